The van der Waals surface area contributed by atoms with Gasteiger partial charge in [-0.1, -0.05) is 31.4 Å². The van der Waals surface area contributed by atoms with Gasteiger partial charge in [0.2, 0.25) is 0 Å². The van der Waals surface area contributed by atoms with E-state index in [1.807, 2.05) is 20.0 Å². The molecule has 0 spiro atoms. The van der Waals surface area contributed by atoms with E-state index in [1.165, 1.54) is 37.7 Å². The summed E-state index contributed by atoms with van der Waals surface area (Å²) in [5.74, 6) is 1.14. The Kier molecular flexibility index (Phi) is 6.30. The predicted molar refractivity (Wildman–Crippen MR) is 95.0 cm³/mol. The van der Waals surface area contributed by atoms with E-state index in [4.69, 9.17) is 4.74 Å². The van der Waals surface area contributed by atoms with E-state index in [-0.39, 0.29) is 29.2 Å². The van der Waals surface area contributed by atoms with Gasteiger partial charge in [0.15, 0.2) is 0 Å². The smallest absolute Gasteiger partial charge is 0.122 e. The second-order valence-corrected chi connectivity index (χ2v) is 6.62. The molecule has 124 valence electrons. The molecule has 3 nitrogen and oxygen atoms in total. The van der Waals surface area contributed by atoms with E-state index in [0.29, 0.717) is 11.7 Å². The van der Waals surface area contributed by atoms with Crippen molar-refractivity contribution in [3.05, 3.63) is 28.8 Å². The quantitative estimate of drug-likeness (QED) is 0.843. The van der Waals surface area contributed by atoms with Crippen LogP contribution in [0.5, 0.6) is 5.75 Å². The van der Waals surface area contributed by atoms with Gasteiger partial charge in [-0.25, -0.2) is 0 Å². The van der Waals surface area contributed by atoms with E-state index >= 15 is 0 Å². The summed E-state index contributed by atoms with van der Waals surface area (Å²) >= 11 is 0. The molecule has 2 N–H and O–H groups in total. The third-order valence-electron chi connectivity index (χ3n) is 5.18. The first-order valence-corrected chi connectivity index (χ1v) is 8.32. The van der Waals surface area contributed by atoms with Crippen LogP contribution in [0.1, 0.15) is 54.9 Å². The summed E-state index contributed by atoms with van der Waals surface area (Å²) in [4.78, 5) is 0. The standard InChI is InChI=1S/C18H27NO2.BrH/c1-12-8-9-14-15(18(12)20)10-16(21-17(14)11-19-2)13-6-4-3-5-7-13;/h8-9,13,16-17,19-20H,3-7,10-11H2,1-2H3;1H. The molecule has 0 radical (unpaired) electrons. The molecule has 2 unspecified atom stereocenters. The minimum absolute atomic E-state index is 0. The molecule has 1 heterocycles. The summed E-state index contributed by atoms with van der Waals surface area (Å²) < 4.78 is 6.41. The second kappa shape index (κ2) is 7.80. The maximum atomic E-state index is 10.5. The Bertz CT molecular complexity index is 500. The zero-order chi connectivity index (χ0) is 14.8. The van der Waals surface area contributed by atoms with Crippen LogP contribution in [-0.2, 0) is 11.2 Å². The average molecular weight is 370 g/mol. The number of benzene rings is 1. The first-order valence-electron chi connectivity index (χ1n) is 8.32. The van der Waals surface area contributed by atoms with Gasteiger partial charge < -0.3 is 15.2 Å². The Morgan fingerprint density at radius 3 is 2.64 bits per heavy atom. The van der Waals surface area contributed by atoms with Gasteiger partial charge in [0.1, 0.15) is 5.75 Å². The van der Waals surface area contributed by atoms with Gasteiger partial charge in [0, 0.05) is 18.5 Å². The zero-order valence-electron chi connectivity index (χ0n) is 13.6. The average Bonchev–Trinajstić information content (AvgIpc) is 2.52. The lowest BCUT2D eigenvalue weighted by molar-refractivity contribution is -0.0620. The van der Waals surface area contributed by atoms with Gasteiger partial charge >= 0.3 is 0 Å². The summed E-state index contributed by atoms with van der Waals surface area (Å²) in [5, 5.41) is 13.7. The summed E-state index contributed by atoms with van der Waals surface area (Å²) in [5.41, 5.74) is 3.26. The van der Waals surface area contributed by atoms with Crippen molar-refractivity contribution in [3.8, 4) is 5.75 Å². The fraction of sp³-hybridized carbons (Fsp3) is 0.667. The van der Waals surface area contributed by atoms with Crippen molar-refractivity contribution in [2.45, 2.75) is 57.7 Å². The molecule has 1 aromatic rings. The summed E-state index contributed by atoms with van der Waals surface area (Å²) in [6.07, 6.45) is 7.78. The number of aromatic hydroxyl groups is 1. The maximum Gasteiger partial charge on any atom is 0.122 e. The van der Waals surface area contributed by atoms with Crippen molar-refractivity contribution in [3.63, 3.8) is 0 Å². The van der Waals surface area contributed by atoms with Gasteiger partial charge in [-0.05, 0) is 43.9 Å². The minimum Gasteiger partial charge on any atom is -0.507 e. The third-order valence-corrected chi connectivity index (χ3v) is 5.18. The maximum absolute atomic E-state index is 10.5. The van der Waals surface area contributed by atoms with Crippen LogP contribution >= 0.6 is 17.0 Å². The Hall–Kier alpha value is -0.580. The number of phenols is 1. The Labute approximate surface area is 144 Å². The van der Waals surface area contributed by atoms with Crippen LogP contribution in [0.2, 0.25) is 0 Å². The number of rotatable bonds is 3. The van der Waals surface area contributed by atoms with Crippen LogP contribution in [0, 0.1) is 12.8 Å². The van der Waals surface area contributed by atoms with E-state index in [9.17, 15) is 5.11 Å². The van der Waals surface area contributed by atoms with Crippen molar-refractivity contribution in [2.75, 3.05) is 13.6 Å². The van der Waals surface area contributed by atoms with Crippen LogP contribution in [0.15, 0.2) is 12.1 Å². The molecule has 1 saturated carbocycles. The molecule has 0 bridgehead atoms. The van der Waals surface area contributed by atoms with Crippen molar-refractivity contribution in [1.29, 1.82) is 0 Å². The van der Waals surface area contributed by atoms with Gasteiger partial charge in [0.05, 0.1) is 12.2 Å². The summed E-state index contributed by atoms with van der Waals surface area (Å²) in [7, 11) is 1.96. The number of nitrogens with one attached hydrogen (secondary N) is 1. The fourth-order valence-corrected chi connectivity index (χ4v) is 3.95. The number of halogens is 1. The molecule has 4 heteroatoms. The van der Waals surface area contributed by atoms with Crippen LogP contribution < -0.4 is 5.32 Å². The Morgan fingerprint density at radius 1 is 1.23 bits per heavy atom. The largest absolute Gasteiger partial charge is 0.507 e. The van der Waals surface area contributed by atoms with Gasteiger partial charge in [-0.3, -0.25) is 0 Å². The molecule has 22 heavy (non-hydrogen) atoms. The predicted octanol–water partition coefficient (Wildman–Crippen LogP) is 4.06. The summed E-state index contributed by atoms with van der Waals surface area (Å²) in [6.45, 7) is 2.78. The van der Waals surface area contributed by atoms with Crippen molar-refractivity contribution < 1.29 is 9.84 Å². The Balaban J connectivity index is 0.00000176. The molecule has 2 aliphatic rings. The number of fused-ring (bicyclic) bond motifs is 1. The molecule has 1 aliphatic carbocycles. The van der Waals surface area contributed by atoms with E-state index < -0.39 is 0 Å². The Morgan fingerprint density at radius 2 is 1.95 bits per heavy atom. The summed E-state index contributed by atoms with van der Waals surface area (Å²) in [6, 6.07) is 4.13. The molecule has 0 saturated heterocycles. The van der Waals surface area contributed by atoms with E-state index in [0.717, 1.165) is 24.1 Å². The molecular formula is C18H28BrNO2. The first kappa shape index (κ1) is 17.8. The van der Waals surface area contributed by atoms with Crippen LogP contribution in [-0.4, -0.2) is 24.8 Å². The highest BCUT2D eigenvalue weighted by Crippen LogP contribution is 2.41. The molecule has 0 aromatic heterocycles. The number of aryl methyl sites for hydroxylation is 1. The molecule has 2 atom stereocenters. The number of likely N-dealkylation sites (N-methyl/N-ethyl adjacent to an activating group) is 1. The van der Waals surface area contributed by atoms with Crippen molar-refractivity contribution in [2.24, 2.45) is 5.92 Å². The fourth-order valence-electron chi connectivity index (χ4n) is 3.95. The minimum atomic E-state index is 0. The number of hydrogen-bond donors (Lipinski definition) is 2. The van der Waals surface area contributed by atoms with E-state index in [1.54, 1.807) is 0 Å². The van der Waals surface area contributed by atoms with Gasteiger partial charge in [-0.2, -0.15) is 0 Å². The van der Waals surface area contributed by atoms with Crippen LogP contribution in [0.3, 0.4) is 0 Å². The molecule has 3 rings (SSSR count). The molecule has 1 aromatic carbocycles. The monoisotopic (exact) mass is 369 g/mol. The first-order chi connectivity index (χ1) is 10.2. The molecule has 1 aliphatic heterocycles. The SMILES string of the molecule is Br.CNCC1OC(C2CCCCC2)Cc2c1ccc(C)c2O. The van der Waals surface area contributed by atoms with Gasteiger partial charge in [-0.15, -0.1) is 17.0 Å². The molecule has 1 fully saturated rings. The normalized spacial score (nSPS) is 25.4. The highest BCUT2D eigenvalue weighted by Gasteiger charge is 2.34. The topological polar surface area (TPSA) is 41.5 Å². The lowest BCUT2D eigenvalue weighted by Crippen LogP contribution is -2.36. The number of hydrogen-bond acceptors (Lipinski definition) is 3. The molecular weight excluding hydrogens is 342 g/mol. The zero-order valence-corrected chi connectivity index (χ0v) is 15.3. The van der Waals surface area contributed by atoms with Gasteiger partial charge in [0.25, 0.3) is 0 Å². The third kappa shape index (κ3) is 3.50. The van der Waals surface area contributed by atoms with E-state index in [2.05, 4.69) is 11.4 Å². The lowest BCUT2D eigenvalue weighted by Gasteiger charge is -2.38. The molecule has 0 amide bonds. The number of ether oxygens (including phenoxy) is 1. The van der Waals surface area contributed by atoms with Crippen LogP contribution in [0.25, 0.3) is 0 Å². The highest BCUT2D eigenvalue weighted by atomic mass is 79.9. The highest BCUT2D eigenvalue weighted by molar-refractivity contribution is 8.93. The number of phenolic OH excluding ortho intramolecular Hbond substituents is 1. The van der Waals surface area contributed by atoms with Crippen molar-refractivity contribution >= 4 is 17.0 Å². The van der Waals surface area contributed by atoms with Crippen LogP contribution in [0.4, 0.5) is 0 Å². The second-order valence-electron chi connectivity index (χ2n) is 6.62. The van der Waals surface area contributed by atoms with Crippen molar-refractivity contribution in [1.82, 2.24) is 5.32 Å². The lowest BCUT2D eigenvalue weighted by atomic mass is 9.80.